The van der Waals surface area contributed by atoms with Gasteiger partial charge in [0.25, 0.3) is 0 Å². The van der Waals surface area contributed by atoms with Gasteiger partial charge in [-0.2, -0.15) is 0 Å². The zero-order valence-electron chi connectivity index (χ0n) is 11.2. The molecule has 1 rings (SSSR count). The molecule has 104 valence electrons. The minimum atomic E-state index is -0.545. The number of amides is 2. The lowest BCUT2D eigenvalue weighted by Gasteiger charge is -2.27. The second-order valence-corrected chi connectivity index (χ2v) is 5.69. The number of nitrogens with zero attached hydrogens (tertiary/aromatic N) is 1. The van der Waals surface area contributed by atoms with Crippen LogP contribution in [0.5, 0.6) is 0 Å². The van der Waals surface area contributed by atoms with Crippen molar-refractivity contribution >= 4 is 23.6 Å². The molecule has 0 spiro atoms. The third kappa shape index (κ3) is 4.37. The van der Waals surface area contributed by atoms with Gasteiger partial charge in [-0.05, 0) is 33.6 Å². The Labute approximate surface area is 113 Å². The van der Waals surface area contributed by atoms with E-state index in [4.69, 9.17) is 16.3 Å². The summed E-state index contributed by atoms with van der Waals surface area (Å²) in [7, 11) is 0. The zero-order valence-corrected chi connectivity index (χ0v) is 11.9. The number of rotatable bonds is 3. The van der Waals surface area contributed by atoms with Crippen molar-refractivity contribution in [2.75, 3.05) is 19.0 Å². The average Bonchev–Trinajstić information content (AvgIpc) is 2.72. The van der Waals surface area contributed by atoms with Crippen molar-refractivity contribution in [3.63, 3.8) is 0 Å². The highest BCUT2D eigenvalue weighted by Crippen LogP contribution is 2.20. The topological polar surface area (TPSA) is 58.6 Å². The smallest absolute Gasteiger partial charge is 0.410 e. The van der Waals surface area contributed by atoms with Crippen LogP contribution < -0.4 is 5.32 Å². The maximum absolute atomic E-state index is 11.9. The Bertz CT molecular complexity index is 315. The first-order valence-electron chi connectivity index (χ1n) is 6.18. The molecular weight excluding hydrogens is 256 g/mol. The predicted octanol–water partition coefficient (Wildman–Crippen LogP) is 1.74. The molecule has 18 heavy (non-hydrogen) atoms. The van der Waals surface area contributed by atoms with E-state index < -0.39 is 17.7 Å². The van der Waals surface area contributed by atoms with Gasteiger partial charge in [0.15, 0.2) is 0 Å². The maximum atomic E-state index is 11.9. The van der Waals surface area contributed by atoms with Crippen LogP contribution in [-0.4, -0.2) is 47.5 Å². The molecule has 1 aliphatic rings. The second kappa shape index (κ2) is 6.27. The van der Waals surface area contributed by atoms with Crippen molar-refractivity contribution in [2.24, 2.45) is 0 Å². The Kier molecular flexibility index (Phi) is 5.26. The average molecular weight is 277 g/mol. The summed E-state index contributed by atoms with van der Waals surface area (Å²) < 4.78 is 5.29. The van der Waals surface area contributed by atoms with Crippen LogP contribution in [0.4, 0.5) is 4.79 Å². The van der Waals surface area contributed by atoms with Gasteiger partial charge >= 0.3 is 6.09 Å². The molecular formula is C12H21ClN2O3. The van der Waals surface area contributed by atoms with Crippen molar-refractivity contribution in [3.8, 4) is 0 Å². The molecule has 1 saturated heterocycles. The summed E-state index contributed by atoms with van der Waals surface area (Å²) in [6.45, 7) is 6.41. The second-order valence-electron chi connectivity index (χ2n) is 5.31. The fraction of sp³-hybridized carbons (Fsp3) is 0.833. The first-order valence-corrected chi connectivity index (χ1v) is 6.72. The summed E-state index contributed by atoms with van der Waals surface area (Å²) >= 11 is 5.52. The Morgan fingerprint density at radius 2 is 2.11 bits per heavy atom. The number of carbonyl (C=O) groups excluding carboxylic acids is 2. The van der Waals surface area contributed by atoms with Gasteiger partial charge in [0.1, 0.15) is 11.6 Å². The van der Waals surface area contributed by atoms with Crippen LogP contribution in [0.3, 0.4) is 0 Å². The standard InChI is InChI=1S/C12H21ClN2O3/c1-12(2,3)18-11(17)15-8-4-5-9(15)10(16)14-7-6-13/h9H,4-8H2,1-3H3,(H,14,16)/t9-/m0/s1. The van der Waals surface area contributed by atoms with E-state index in [0.29, 0.717) is 25.4 Å². The third-order valence-corrected chi connectivity index (χ3v) is 2.77. The molecule has 1 fully saturated rings. The lowest BCUT2D eigenvalue weighted by molar-refractivity contribution is -0.125. The van der Waals surface area contributed by atoms with E-state index in [-0.39, 0.29) is 5.91 Å². The van der Waals surface area contributed by atoms with Gasteiger partial charge in [-0.1, -0.05) is 0 Å². The van der Waals surface area contributed by atoms with Crippen LogP contribution in [-0.2, 0) is 9.53 Å². The summed E-state index contributed by atoms with van der Waals surface area (Å²) in [5.41, 5.74) is -0.545. The number of alkyl halides is 1. The third-order valence-electron chi connectivity index (χ3n) is 2.58. The lowest BCUT2D eigenvalue weighted by atomic mass is 10.2. The van der Waals surface area contributed by atoms with E-state index in [9.17, 15) is 9.59 Å². The molecule has 5 nitrogen and oxygen atoms in total. The number of hydrogen-bond acceptors (Lipinski definition) is 3. The van der Waals surface area contributed by atoms with Crippen LogP contribution in [0, 0.1) is 0 Å². The van der Waals surface area contributed by atoms with E-state index in [1.54, 1.807) is 0 Å². The molecule has 1 heterocycles. The Hall–Kier alpha value is -0.970. The van der Waals surface area contributed by atoms with E-state index >= 15 is 0 Å². The normalized spacial score (nSPS) is 19.8. The number of nitrogens with one attached hydrogen (secondary N) is 1. The summed E-state index contributed by atoms with van der Waals surface area (Å²) in [5, 5.41) is 2.70. The molecule has 0 bridgehead atoms. The van der Waals surface area contributed by atoms with Gasteiger partial charge < -0.3 is 10.1 Å². The summed E-state index contributed by atoms with van der Waals surface area (Å²) in [4.78, 5) is 25.3. The molecule has 0 unspecified atom stereocenters. The van der Waals surface area contributed by atoms with Crippen LogP contribution in [0.15, 0.2) is 0 Å². The molecule has 0 aromatic heterocycles. The number of halogens is 1. The SMILES string of the molecule is CC(C)(C)OC(=O)N1CCC[C@H]1C(=O)NCCCl. The van der Waals surface area contributed by atoms with Gasteiger partial charge in [-0.25, -0.2) is 4.79 Å². The lowest BCUT2D eigenvalue weighted by Crippen LogP contribution is -2.47. The number of hydrogen-bond donors (Lipinski definition) is 1. The fourth-order valence-corrected chi connectivity index (χ4v) is 1.96. The molecule has 1 N–H and O–H groups in total. The number of carbonyl (C=O) groups is 2. The minimum Gasteiger partial charge on any atom is -0.444 e. The van der Waals surface area contributed by atoms with Gasteiger partial charge in [0.05, 0.1) is 0 Å². The Morgan fingerprint density at radius 3 is 2.67 bits per heavy atom. The predicted molar refractivity (Wildman–Crippen MR) is 69.7 cm³/mol. The molecule has 0 aromatic rings. The highest BCUT2D eigenvalue weighted by atomic mass is 35.5. The van der Waals surface area contributed by atoms with E-state index in [1.807, 2.05) is 20.8 Å². The quantitative estimate of drug-likeness (QED) is 0.799. The van der Waals surface area contributed by atoms with Crippen molar-refractivity contribution in [3.05, 3.63) is 0 Å². The highest BCUT2D eigenvalue weighted by molar-refractivity contribution is 6.18. The van der Waals surface area contributed by atoms with Crippen molar-refractivity contribution in [1.29, 1.82) is 0 Å². The van der Waals surface area contributed by atoms with Crippen LogP contribution in [0.1, 0.15) is 33.6 Å². The highest BCUT2D eigenvalue weighted by Gasteiger charge is 2.36. The Morgan fingerprint density at radius 1 is 1.44 bits per heavy atom. The van der Waals surface area contributed by atoms with Gasteiger partial charge in [-0.3, -0.25) is 9.69 Å². The van der Waals surface area contributed by atoms with E-state index in [2.05, 4.69) is 5.32 Å². The van der Waals surface area contributed by atoms with E-state index in [0.717, 1.165) is 6.42 Å². The molecule has 0 radical (unpaired) electrons. The molecule has 1 atom stereocenters. The van der Waals surface area contributed by atoms with Crippen LogP contribution in [0.25, 0.3) is 0 Å². The monoisotopic (exact) mass is 276 g/mol. The minimum absolute atomic E-state index is 0.154. The van der Waals surface area contributed by atoms with E-state index in [1.165, 1.54) is 4.90 Å². The summed E-state index contributed by atoms with van der Waals surface area (Å²) in [5.74, 6) is 0.212. The van der Waals surface area contributed by atoms with Gasteiger partial charge in [-0.15, -0.1) is 11.6 Å². The molecule has 0 aromatic carbocycles. The maximum Gasteiger partial charge on any atom is 0.410 e. The number of likely N-dealkylation sites (tertiary alicyclic amines) is 1. The van der Waals surface area contributed by atoms with Crippen molar-refractivity contribution in [1.82, 2.24) is 10.2 Å². The number of ether oxygens (including phenoxy) is 1. The molecule has 0 saturated carbocycles. The fourth-order valence-electron chi connectivity index (χ4n) is 1.87. The first kappa shape index (κ1) is 15.1. The zero-order chi connectivity index (χ0) is 13.8. The van der Waals surface area contributed by atoms with Crippen molar-refractivity contribution in [2.45, 2.75) is 45.3 Å². The summed E-state index contributed by atoms with van der Waals surface area (Å²) in [6, 6.07) is -0.428. The van der Waals surface area contributed by atoms with Crippen molar-refractivity contribution < 1.29 is 14.3 Å². The van der Waals surface area contributed by atoms with Crippen LogP contribution >= 0.6 is 11.6 Å². The van der Waals surface area contributed by atoms with Gasteiger partial charge in [0.2, 0.25) is 5.91 Å². The Balaban J connectivity index is 2.59. The molecule has 0 aliphatic carbocycles. The van der Waals surface area contributed by atoms with Gasteiger partial charge in [0, 0.05) is 19.0 Å². The largest absolute Gasteiger partial charge is 0.444 e. The molecule has 1 aliphatic heterocycles. The van der Waals surface area contributed by atoms with Crippen LogP contribution in [0.2, 0.25) is 0 Å². The first-order chi connectivity index (χ1) is 8.35. The molecule has 6 heteroatoms. The molecule has 2 amide bonds. The summed E-state index contributed by atoms with van der Waals surface area (Å²) in [6.07, 6.45) is 1.07.